The summed E-state index contributed by atoms with van der Waals surface area (Å²) in [6, 6.07) is 10.3. The molecular weight excluding hydrogens is 248 g/mol. The Hall–Kier alpha value is -2.23. The normalized spacial score (nSPS) is 16.8. The Bertz CT molecular complexity index is 654. The molecule has 2 aromatic carbocycles. The van der Waals surface area contributed by atoms with Crippen molar-refractivity contribution in [3.63, 3.8) is 0 Å². The number of hydrogen-bond donors (Lipinski definition) is 1. The molecule has 0 radical (unpaired) electrons. The number of nitrogens with one attached hydrogen (secondary N) is 1. The highest BCUT2D eigenvalue weighted by atomic mass is 19.1. The van der Waals surface area contributed by atoms with Gasteiger partial charge >= 0.3 is 0 Å². The van der Waals surface area contributed by atoms with E-state index in [2.05, 4.69) is 5.32 Å². The molecule has 0 saturated carbocycles. The Morgan fingerprint density at radius 1 is 1.16 bits per heavy atom. The van der Waals surface area contributed by atoms with Crippen LogP contribution in [0.5, 0.6) is 0 Å². The van der Waals surface area contributed by atoms with Crippen molar-refractivity contribution in [3.8, 4) is 0 Å². The highest BCUT2D eigenvalue weighted by Gasteiger charge is 2.30. The van der Waals surface area contributed by atoms with Gasteiger partial charge in [0.1, 0.15) is 11.6 Å². The Morgan fingerprint density at radius 3 is 2.79 bits per heavy atom. The van der Waals surface area contributed by atoms with Gasteiger partial charge in [0.05, 0.1) is 11.5 Å². The quantitative estimate of drug-likeness (QED) is 0.838. The minimum atomic E-state index is -0.684. The van der Waals surface area contributed by atoms with E-state index in [9.17, 15) is 13.6 Å². The lowest BCUT2D eigenvalue weighted by Crippen LogP contribution is -2.16. The fourth-order valence-corrected chi connectivity index (χ4v) is 2.39. The molecule has 2 nitrogen and oxygen atoms in total. The minimum Gasteiger partial charge on any atom is -0.384 e. The fourth-order valence-electron chi connectivity index (χ4n) is 2.39. The second kappa shape index (κ2) is 4.46. The Labute approximate surface area is 109 Å². The molecule has 0 aromatic heterocycles. The number of anilines is 1. The van der Waals surface area contributed by atoms with Gasteiger partial charge in [0.2, 0.25) is 0 Å². The first-order chi connectivity index (χ1) is 9.16. The van der Waals surface area contributed by atoms with E-state index in [0.717, 1.165) is 29.4 Å². The van der Waals surface area contributed by atoms with Gasteiger partial charge in [-0.05, 0) is 29.8 Å². The van der Waals surface area contributed by atoms with Crippen LogP contribution in [0.3, 0.4) is 0 Å². The first-order valence-electron chi connectivity index (χ1n) is 5.99. The summed E-state index contributed by atoms with van der Waals surface area (Å²) in [6.07, 6.45) is 0. The van der Waals surface area contributed by atoms with Gasteiger partial charge in [0, 0.05) is 12.2 Å². The van der Waals surface area contributed by atoms with Crippen LogP contribution >= 0.6 is 0 Å². The molecule has 1 heterocycles. The van der Waals surface area contributed by atoms with Crippen molar-refractivity contribution in [1.29, 1.82) is 0 Å². The highest BCUT2D eigenvalue weighted by Crippen LogP contribution is 2.33. The molecular formula is C15H11F2NO. The maximum Gasteiger partial charge on any atom is 0.175 e. The van der Waals surface area contributed by atoms with Crippen molar-refractivity contribution in [2.45, 2.75) is 5.92 Å². The zero-order chi connectivity index (χ0) is 13.4. The van der Waals surface area contributed by atoms with Crippen molar-refractivity contribution in [2.24, 2.45) is 0 Å². The van der Waals surface area contributed by atoms with Gasteiger partial charge in [0.25, 0.3) is 0 Å². The van der Waals surface area contributed by atoms with Gasteiger partial charge in [-0.25, -0.2) is 8.78 Å². The van der Waals surface area contributed by atoms with Gasteiger partial charge in [-0.15, -0.1) is 0 Å². The van der Waals surface area contributed by atoms with Crippen molar-refractivity contribution in [1.82, 2.24) is 0 Å². The summed E-state index contributed by atoms with van der Waals surface area (Å²) in [7, 11) is 0. The summed E-state index contributed by atoms with van der Waals surface area (Å²) in [5, 5.41) is 3.10. The Balaban J connectivity index is 2.00. The third kappa shape index (κ3) is 1.99. The topological polar surface area (TPSA) is 29.1 Å². The largest absolute Gasteiger partial charge is 0.384 e. The number of rotatable bonds is 2. The number of hydrogen-bond acceptors (Lipinski definition) is 2. The summed E-state index contributed by atoms with van der Waals surface area (Å²) in [5.41, 5.74) is 1.51. The molecule has 1 aliphatic rings. The predicted molar refractivity (Wildman–Crippen MR) is 68.4 cm³/mol. The van der Waals surface area contributed by atoms with Crippen LogP contribution in [0.4, 0.5) is 14.5 Å². The van der Waals surface area contributed by atoms with E-state index in [1.807, 2.05) is 24.3 Å². The smallest absolute Gasteiger partial charge is 0.175 e. The molecule has 1 aliphatic heterocycles. The Kier molecular flexibility index (Phi) is 2.78. The summed E-state index contributed by atoms with van der Waals surface area (Å²) in [6.45, 7) is 0.411. The zero-order valence-electron chi connectivity index (χ0n) is 9.99. The van der Waals surface area contributed by atoms with E-state index in [-0.39, 0.29) is 5.56 Å². The summed E-state index contributed by atoms with van der Waals surface area (Å²) >= 11 is 0. The van der Waals surface area contributed by atoms with Gasteiger partial charge in [-0.3, -0.25) is 4.79 Å². The average molecular weight is 259 g/mol. The van der Waals surface area contributed by atoms with Crippen LogP contribution in [0.25, 0.3) is 0 Å². The molecule has 1 unspecified atom stereocenters. The second-order valence-corrected chi connectivity index (χ2v) is 4.51. The van der Waals surface area contributed by atoms with Crippen LogP contribution in [0.2, 0.25) is 0 Å². The monoisotopic (exact) mass is 259 g/mol. The number of Topliss-reactive ketones (excluding diaryl/α,β-unsaturated/α-hetero) is 1. The summed E-state index contributed by atoms with van der Waals surface area (Å²) in [4.78, 5) is 12.3. The van der Waals surface area contributed by atoms with Crippen molar-refractivity contribution >= 4 is 11.5 Å². The number of ketones is 1. The molecule has 0 amide bonds. The zero-order valence-corrected chi connectivity index (χ0v) is 9.99. The standard InChI is InChI=1S/C15H11F2NO/c16-9-5-6-13(17)11(7-9)15(19)12-8-18-14-4-2-1-3-10(12)14/h1-7,12,18H,8H2. The maximum absolute atomic E-state index is 13.6. The molecule has 1 N–H and O–H groups in total. The number of para-hydroxylation sites is 1. The fraction of sp³-hybridized carbons (Fsp3) is 0.133. The van der Waals surface area contributed by atoms with Crippen molar-refractivity contribution < 1.29 is 13.6 Å². The molecule has 96 valence electrons. The lowest BCUT2D eigenvalue weighted by molar-refractivity contribution is 0.0962. The summed E-state index contributed by atoms with van der Waals surface area (Å²) in [5.74, 6) is -2.15. The molecule has 2 aromatic rings. The first kappa shape index (κ1) is 11.8. The van der Waals surface area contributed by atoms with E-state index in [1.165, 1.54) is 0 Å². The average Bonchev–Trinajstić information content (AvgIpc) is 2.84. The molecule has 4 heteroatoms. The third-order valence-electron chi connectivity index (χ3n) is 3.34. The van der Waals surface area contributed by atoms with Gasteiger partial charge in [-0.2, -0.15) is 0 Å². The van der Waals surface area contributed by atoms with Crippen LogP contribution < -0.4 is 5.32 Å². The van der Waals surface area contributed by atoms with E-state index in [4.69, 9.17) is 0 Å². The SMILES string of the molecule is O=C(c1cc(F)ccc1F)C1CNc2ccccc21. The number of benzene rings is 2. The second-order valence-electron chi connectivity index (χ2n) is 4.51. The maximum atomic E-state index is 13.6. The highest BCUT2D eigenvalue weighted by molar-refractivity contribution is 6.03. The van der Waals surface area contributed by atoms with Crippen LogP contribution in [-0.4, -0.2) is 12.3 Å². The molecule has 1 atom stereocenters. The van der Waals surface area contributed by atoms with Crippen molar-refractivity contribution in [3.05, 3.63) is 65.2 Å². The molecule has 0 bridgehead atoms. The lowest BCUT2D eigenvalue weighted by Gasteiger charge is -2.10. The number of carbonyl (C=O) groups excluding carboxylic acids is 1. The summed E-state index contributed by atoms with van der Waals surface area (Å²) < 4.78 is 26.8. The molecule has 0 fully saturated rings. The number of carbonyl (C=O) groups is 1. The van der Waals surface area contributed by atoms with E-state index in [1.54, 1.807) is 0 Å². The first-order valence-corrected chi connectivity index (χ1v) is 5.99. The van der Waals surface area contributed by atoms with E-state index >= 15 is 0 Å². The Morgan fingerprint density at radius 2 is 1.95 bits per heavy atom. The van der Waals surface area contributed by atoms with Crippen LogP contribution in [0.1, 0.15) is 21.8 Å². The molecule has 19 heavy (non-hydrogen) atoms. The molecule has 0 saturated heterocycles. The lowest BCUT2D eigenvalue weighted by atomic mass is 9.92. The van der Waals surface area contributed by atoms with Gasteiger partial charge in [-0.1, -0.05) is 18.2 Å². The third-order valence-corrected chi connectivity index (χ3v) is 3.34. The van der Waals surface area contributed by atoms with Gasteiger partial charge < -0.3 is 5.32 Å². The molecule has 3 rings (SSSR count). The van der Waals surface area contributed by atoms with E-state index < -0.39 is 23.3 Å². The number of halogens is 2. The predicted octanol–water partition coefficient (Wildman–Crippen LogP) is 3.36. The van der Waals surface area contributed by atoms with Crippen LogP contribution in [0.15, 0.2) is 42.5 Å². The van der Waals surface area contributed by atoms with Crippen LogP contribution in [-0.2, 0) is 0 Å². The van der Waals surface area contributed by atoms with Crippen molar-refractivity contribution in [2.75, 3.05) is 11.9 Å². The minimum absolute atomic E-state index is 0.191. The van der Waals surface area contributed by atoms with Gasteiger partial charge in [0.15, 0.2) is 5.78 Å². The number of fused-ring (bicyclic) bond motifs is 1. The van der Waals surface area contributed by atoms with Crippen LogP contribution in [0, 0.1) is 11.6 Å². The molecule has 0 spiro atoms. The van der Waals surface area contributed by atoms with E-state index in [0.29, 0.717) is 6.54 Å². The molecule has 0 aliphatic carbocycles.